The van der Waals surface area contributed by atoms with Crippen molar-refractivity contribution in [2.75, 3.05) is 13.7 Å². The molecule has 2 aromatic carbocycles. The lowest BCUT2D eigenvalue weighted by Gasteiger charge is -2.18. The van der Waals surface area contributed by atoms with Gasteiger partial charge in [-0.2, -0.15) is 0 Å². The van der Waals surface area contributed by atoms with Gasteiger partial charge in [0.15, 0.2) is 0 Å². The van der Waals surface area contributed by atoms with Crippen LogP contribution < -0.4 is 10.1 Å². The molecule has 126 valence electrons. The second-order valence-corrected chi connectivity index (χ2v) is 6.53. The summed E-state index contributed by atoms with van der Waals surface area (Å²) in [5, 5.41) is 13.8. The van der Waals surface area contributed by atoms with Crippen LogP contribution in [-0.2, 0) is 10.2 Å². The molecule has 0 aliphatic heterocycles. The second kappa shape index (κ2) is 6.83. The van der Waals surface area contributed by atoms with Crippen molar-refractivity contribution in [2.45, 2.75) is 24.4 Å². The first-order valence-electron chi connectivity index (χ1n) is 7.91. The van der Waals surface area contributed by atoms with Crippen molar-refractivity contribution in [3.05, 3.63) is 64.7 Å². The third-order valence-corrected chi connectivity index (χ3v) is 4.73. The molecular weight excluding hydrogens is 326 g/mol. The summed E-state index contributed by atoms with van der Waals surface area (Å²) in [7, 11) is 1.58. The molecule has 0 saturated heterocycles. The van der Waals surface area contributed by atoms with Gasteiger partial charge in [-0.15, -0.1) is 0 Å². The minimum Gasteiger partial charge on any atom is -0.497 e. The SMILES string of the molecule is COc1cccc(C(O)CNC(=O)C2(c3cccc(Cl)c3)CC2)c1. The number of rotatable bonds is 6. The van der Waals surface area contributed by atoms with Crippen LogP contribution >= 0.6 is 11.6 Å². The van der Waals surface area contributed by atoms with Crippen molar-refractivity contribution >= 4 is 17.5 Å². The van der Waals surface area contributed by atoms with Crippen LogP contribution in [-0.4, -0.2) is 24.7 Å². The lowest BCUT2D eigenvalue weighted by Crippen LogP contribution is -2.37. The summed E-state index contributed by atoms with van der Waals surface area (Å²) >= 11 is 6.04. The number of amides is 1. The van der Waals surface area contributed by atoms with Gasteiger partial charge < -0.3 is 15.2 Å². The highest BCUT2D eigenvalue weighted by molar-refractivity contribution is 6.30. The molecule has 0 aromatic heterocycles. The molecule has 0 spiro atoms. The Balaban J connectivity index is 1.65. The van der Waals surface area contributed by atoms with Crippen LogP contribution in [0.15, 0.2) is 48.5 Å². The number of aliphatic hydroxyl groups excluding tert-OH is 1. The summed E-state index contributed by atoms with van der Waals surface area (Å²) in [6.45, 7) is 0.161. The Kier molecular flexibility index (Phi) is 4.78. The van der Waals surface area contributed by atoms with Gasteiger partial charge >= 0.3 is 0 Å². The van der Waals surface area contributed by atoms with Gasteiger partial charge in [0.2, 0.25) is 5.91 Å². The summed E-state index contributed by atoms with van der Waals surface area (Å²) < 4.78 is 5.15. The van der Waals surface area contributed by atoms with Crippen LogP contribution in [0.2, 0.25) is 5.02 Å². The molecule has 2 N–H and O–H groups in total. The predicted molar refractivity (Wildman–Crippen MR) is 93.3 cm³/mol. The zero-order chi connectivity index (χ0) is 17.2. The van der Waals surface area contributed by atoms with E-state index in [1.165, 1.54) is 0 Å². The Morgan fingerprint density at radius 2 is 2.04 bits per heavy atom. The van der Waals surface area contributed by atoms with Gasteiger partial charge in [-0.25, -0.2) is 0 Å². The highest BCUT2D eigenvalue weighted by Gasteiger charge is 2.51. The van der Waals surface area contributed by atoms with Crippen molar-refractivity contribution in [2.24, 2.45) is 0 Å². The van der Waals surface area contributed by atoms with Crippen LogP contribution in [0.5, 0.6) is 5.75 Å². The topological polar surface area (TPSA) is 58.6 Å². The molecule has 2 aromatic rings. The number of methoxy groups -OCH3 is 1. The normalized spacial score (nSPS) is 16.3. The van der Waals surface area contributed by atoms with Crippen LogP contribution in [0.3, 0.4) is 0 Å². The number of nitrogens with one attached hydrogen (secondary N) is 1. The van der Waals surface area contributed by atoms with E-state index in [-0.39, 0.29) is 12.5 Å². The third kappa shape index (κ3) is 3.40. The second-order valence-electron chi connectivity index (χ2n) is 6.09. The minimum absolute atomic E-state index is 0.0632. The van der Waals surface area contributed by atoms with E-state index in [4.69, 9.17) is 16.3 Å². The van der Waals surface area contributed by atoms with Crippen molar-refractivity contribution in [1.82, 2.24) is 5.32 Å². The van der Waals surface area contributed by atoms with E-state index in [1.807, 2.05) is 36.4 Å². The molecule has 0 bridgehead atoms. The average Bonchev–Trinajstić information content (AvgIpc) is 3.41. The Morgan fingerprint density at radius 3 is 2.71 bits per heavy atom. The van der Waals surface area contributed by atoms with Crippen molar-refractivity contribution in [1.29, 1.82) is 0 Å². The molecule has 1 unspecified atom stereocenters. The molecule has 1 saturated carbocycles. The van der Waals surface area contributed by atoms with Gasteiger partial charge in [0.05, 0.1) is 18.6 Å². The zero-order valence-electron chi connectivity index (χ0n) is 13.5. The van der Waals surface area contributed by atoms with Crippen molar-refractivity contribution in [3.8, 4) is 5.75 Å². The first kappa shape index (κ1) is 16.8. The molecule has 0 heterocycles. The fraction of sp³-hybridized carbons (Fsp3) is 0.316. The van der Waals surface area contributed by atoms with Gasteiger partial charge in [-0.3, -0.25) is 4.79 Å². The standard InChI is InChI=1S/C19H20ClNO3/c1-24-16-7-2-4-13(10-16)17(22)12-21-18(23)19(8-9-19)14-5-3-6-15(20)11-14/h2-7,10-11,17,22H,8-9,12H2,1H3,(H,21,23). The number of hydrogen-bond donors (Lipinski definition) is 2. The maximum atomic E-state index is 12.6. The van der Waals surface area contributed by atoms with E-state index in [0.29, 0.717) is 16.3 Å². The van der Waals surface area contributed by atoms with E-state index < -0.39 is 11.5 Å². The van der Waals surface area contributed by atoms with Gasteiger partial charge in [0, 0.05) is 11.6 Å². The van der Waals surface area contributed by atoms with Crippen LogP contribution in [0.1, 0.15) is 30.1 Å². The first-order chi connectivity index (χ1) is 11.5. The van der Waals surface area contributed by atoms with E-state index in [9.17, 15) is 9.90 Å². The summed E-state index contributed by atoms with van der Waals surface area (Å²) in [5.41, 5.74) is 1.14. The molecule has 1 fully saturated rings. The highest BCUT2D eigenvalue weighted by Crippen LogP contribution is 2.48. The summed E-state index contributed by atoms with van der Waals surface area (Å²) in [4.78, 5) is 12.6. The number of halogens is 1. The largest absolute Gasteiger partial charge is 0.497 e. The van der Waals surface area contributed by atoms with E-state index in [1.54, 1.807) is 19.2 Å². The number of aliphatic hydroxyl groups is 1. The molecule has 1 amide bonds. The molecule has 4 nitrogen and oxygen atoms in total. The molecule has 1 aliphatic carbocycles. The molecule has 3 rings (SSSR count). The van der Waals surface area contributed by atoms with Gasteiger partial charge in [-0.1, -0.05) is 35.9 Å². The van der Waals surface area contributed by atoms with Crippen molar-refractivity contribution in [3.63, 3.8) is 0 Å². The minimum atomic E-state index is -0.779. The fourth-order valence-electron chi connectivity index (χ4n) is 2.88. The van der Waals surface area contributed by atoms with Crippen LogP contribution in [0, 0.1) is 0 Å². The van der Waals surface area contributed by atoms with Crippen LogP contribution in [0.25, 0.3) is 0 Å². The lowest BCUT2D eigenvalue weighted by atomic mass is 9.95. The van der Waals surface area contributed by atoms with Gasteiger partial charge in [0.1, 0.15) is 5.75 Å². The van der Waals surface area contributed by atoms with Crippen LogP contribution in [0.4, 0.5) is 0 Å². The van der Waals surface area contributed by atoms with E-state index in [0.717, 1.165) is 18.4 Å². The fourth-order valence-corrected chi connectivity index (χ4v) is 3.07. The number of hydrogen-bond acceptors (Lipinski definition) is 3. The molecule has 1 aliphatic rings. The molecule has 24 heavy (non-hydrogen) atoms. The lowest BCUT2D eigenvalue weighted by molar-refractivity contribution is -0.124. The molecule has 5 heteroatoms. The van der Waals surface area contributed by atoms with Gasteiger partial charge in [-0.05, 0) is 48.2 Å². The van der Waals surface area contributed by atoms with E-state index >= 15 is 0 Å². The molecular formula is C19H20ClNO3. The Bertz CT molecular complexity index is 743. The summed E-state index contributed by atoms with van der Waals surface area (Å²) in [5.74, 6) is 0.613. The number of benzene rings is 2. The number of ether oxygens (including phenoxy) is 1. The Labute approximate surface area is 146 Å². The summed E-state index contributed by atoms with van der Waals surface area (Å²) in [6, 6.07) is 14.6. The predicted octanol–water partition coefficient (Wildman–Crippen LogP) is 3.23. The maximum absolute atomic E-state index is 12.6. The molecule has 1 atom stereocenters. The Morgan fingerprint density at radius 1 is 1.29 bits per heavy atom. The number of carbonyl (C=O) groups is 1. The smallest absolute Gasteiger partial charge is 0.230 e. The summed E-state index contributed by atoms with van der Waals surface area (Å²) in [6.07, 6.45) is 0.822. The average molecular weight is 346 g/mol. The first-order valence-corrected chi connectivity index (χ1v) is 8.29. The third-order valence-electron chi connectivity index (χ3n) is 4.50. The quantitative estimate of drug-likeness (QED) is 0.845. The van der Waals surface area contributed by atoms with Gasteiger partial charge in [0.25, 0.3) is 0 Å². The maximum Gasteiger partial charge on any atom is 0.230 e. The zero-order valence-corrected chi connectivity index (χ0v) is 14.2. The van der Waals surface area contributed by atoms with Crippen molar-refractivity contribution < 1.29 is 14.6 Å². The molecule has 0 radical (unpaired) electrons. The highest BCUT2D eigenvalue weighted by atomic mass is 35.5. The van der Waals surface area contributed by atoms with E-state index in [2.05, 4.69) is 5.32 Å². The monoisotopic (exact) mass is 345 g/mol. The Hall–Kier alpha value is -2.04. The number of carbonyl (C=O) groups excluding carboxylic acids is 1.